The summed E-state index contributed by atoms with van der Waals surface area (Å²) in [7, 11) is 0. The molecule has 1 unspecified atom stereocenters. The highest BCUT2D eigenvalue weighted by Crippen LogP contribution is 2.14. The van der Waals surface area contributed by atoms with Gasteiger partial charge in [0.25, 0.3) is 5.91 Å². The minimum atomic E-state index is -0.662. The molecule has 1 atom stereocenters. The number of hydrogen-bond acceptors (Lipinski definition) is 5. The summed E-state index contributed by atoms with van der Waals surface area (Å²) < 4.78 is 6.87. The summed E-state index contributed by atoms with van der Waals surface area (Å²) in [4.78, 5) is 28.5. The second-order valence-electron chi connectivity index (χ2n) is 5.11. The first-order chi connectivity index (χ1) is 11.1. The van der Waals surface area contributed by atoms with Gasteiger partial charge in [0.2, 0.25) is 0 Å². The van der Waals surface area contributed by atoms with Crippen LogP contribution in [-0.4, -0.2) is 20.7 Å². The van der Waals surface area contributed by atoms with E-state index in [9.17, 15) is 9.59 Å². The first-order valence-corrected chi connectivity index (χ1v) is 7.31. The molecule has 3 rings (SSSR count). The van der Waals surface area contributed by atoms with Crippen LogP contribution in [0.25, 0.3) is 11.0 Å². The van der Waals surface area contributed by atoms with Crippen molar-refractivity contribution >= 4 is 16.9 Å². The van der Waals surface area contributed by atoms with E-state index in [2.05, 4.69) is 15.4 Å². The van der Waals surface area contributed by atoms with Gasteiger partial charge in [-0.05, 0) is 26.0 Å². The molecule has 0 saturated carbocycles. The number of aromatic nitrogens is 3. The van der Waals surface area contributed by atoms with Crippen molar-refractivity contribution in [2.45, 2.75) is 26.4 Å². The molecule has 0 bridgehead atoms. The first-order valence-electron chi connectivity index (χ1n) is 7.31. The third-order valence-corrected chi connectivity index (χ3v) is 3.57. The predicted molar refractivity (Wildman–Crippen MR) is 84.1 cm³/mol. The average molecular weight is 312 g/mol. The van der Waals surface area contributed by atoms with Crippen LogP contribution in [-0.2, 0) is 6.54 Å². The summed E-state index contributed by atoms with van der Waals surface area (Å²) in [6, 6.07) is 8.21. The maximum Gasteiger partial charge on any atom is 0.349 e. The van der Waals surface area contributed by atoms with Crippen LogP contribution in [0.2, 0.25) is 0 Å². The third-order valence-electron chi connectivity index (χ3n) is 3.57. The number of aryl methyl sites for hydroxylation is 1. The molecule has 7 nitrogen and oxygen atoms in total. The molecule has 0 spiro atoms. The summed E-state index contributed by atoms with van der Waals surface area (Å²) in [5.74, 6) is 0.133. The van der Waals surface area contributed by atoms with E-state index in [0.717, 1.165) is 0 Å². The monoisotopic (exact) mass is 312 g/mol. The fourth-order valence-electron chi connectivity index (χ4n) is 2.41. The van der Waals surface area contributed by atoms with E-state index < -0.39 is 11.5 Å². The second-order valence-corrected chi connectivity index (χ2v) is 5.11. The zero-order chi connectivity index (χ0) is 16.4. The Hall–Kier alpha value is -2.96. The lowest BCUT2D eigenvalue weighted by atomic mass is 10.1. The molecule has 0 fully saturated rings. The van der Waals surface area contributed by atoms with Gasteiger partial charge in [0.05, 0.1) is 6.04 Å². The molecular formula is C16H16N4O3. The largest absolute Gasteiger partial charge is 0.422 e. The fourth-order valence-corrected chi connectivity index (χ4v) is 2.41. The predicted octanol–water partition coefficient (Wildman–Crippen LogP) is 1.90. The zero-order valence-electron chi connectivity index (χ0n) is 12.8. The standard InChI is InChI=1S/C16H16N4O3/c1-3-20-14(17-9-18-20)10(2)19-15(21)12-8-11-6-4-5-7-13(11)23-16(12)22/h4-10H,3H2,1-2H3,(H,19,21). The van der Waals surface area contributed by atoms with Crippen LogP contribution < -0.4 is 10.9 Å². The summed E-state index contributed by atoms with van der Waals surface area (Å²) in [6.45, 7) is 4.37. The van der Waals surface area contributed by atoms with Crippen LogP contribution >= 0.6 is 0 Å². The quantitative estimate of drug-likeness (QED) is 0.743. The Morgan fingerprint density at radius 3 is 2.96 bits per heavy atom. The Kier molecular flexibility index (Phi) is 3.92. The molecule has 0 aliphatic carbocycles. The highest BCUT2D eigenvalue weighted by Gasteiger charge is 2.19. The molecule has 2 aromatic heterocycles. The molecule has 23 heavy (non-hydrogen) atoms. The number of nitrogens with one attached hydrogen (secondary N) is 1. The van der Waals surface area contributed by atoms with Gasteiger partial charge in [-0.15, -0.1) is 0 Å². The van der Waals surface area contributed by atoms with Crippen molar-refractivity contribution in [3.05, 3.63) is 58.5 Å². The molecule has 0 radical (unpaired) electrons. The minimum Gasteiger partial charge on any atom is -0.422 e. The summed E-state index contributed by atoms with van der Waals surface area (Å²) in [5, 5.41) is 7.52. The van der Waals surface area contributed by atoms with Crippen LogP contribution in [0, 0.1) is 0 Å². The first kappa shape index (κ1) is 15.0. The van der Waals surface area contributed by atoms with Crippen LogP contribution in [0.1, 0.15) is 36.1 Å². The van der Waals surface area contributed by atoms with E-state index in [4.69, 9.17) is 4.42 Å². The van der Waals surface area contributed by atoms with E-state index >= 15 is 0 Å². The van der Waals surface area contributed by atoms with Gasteiger partial charge in [-0.2, -0.15) is 5.10 Å². The van der Waals surface area contributed by atoms with E-state index in [1.807, 2.05) is 13.0 Å². The van der Waals surface area contributed by atoms with Crippen LogP contribution in [0.3, 0.4) is 0 Å². The number of carbonyl (C=O) groups excluding carboxylic acids is 1. The molecule has 2 heterocycles. The van der Waals surface area contributed by atoms with Crippen molar-refractivity contribution < 1.29 is 9.21 Å². The molecule has 118 valence electrons. The molecular weight excluding hydrogens is 296 g/mol. The van der Waals surface area contributed by atoms with Crippen molar-refractivity contribution in [2.75, 3.05) is 0 Å². The second kappa shape index (κ2) is 6.04. The number of amides is 1. The van der Waals surface area contributed by atoms with Gasteiger partial charge in [-0.25, -0.2) is 14.5 Å². The number of rotatable bonds is 4. The Labute approximate surface area is 131 Å². The normalized spacial score (nSPS) is 12.3. The maximum atomic E-state index is 12.4. The number of fused-ring (bicyclic) bond motifs is 1. The molecule has 3 aromatic rings. The molecule has 1 aromatic carbocycles. The van der Waals surface area contributed by atoms with E-state index in [-0.39, 0.29) is 11.6 Å². The van der Waals surface area contributed by atoms with Gasteiger partial charge in [-0.1, -0.05) is 18.2 Å². The van der Waals surface area contributed by atoms with E-state index in [1.165, 1.54) is 12.4 Å². The van der Waals surface area contributed by atoms with E-state index in [0.29, 0.717) is 23.3 Å². The maximum absolute atomic E-state index is 12.4. The number of nitrogens with zero attached hydrogens (tertiary/aromatic N) is 3. The van der Waals surface area contributed by atoms with Crippen LogP contribution in [0.5, 0.6) is 0 Å². The molecule has 1 amide bonds. The van der Waals surface area contributed by atoms with Crippen LogP contribution in [0.15, 0.2) is 45.9 Å². The van der Waals surface area contributed by atoms with Crippen molar-refractivity contribution in [1.82, 2.24) is 20.1 Å². The topological polar surface area (TPSA) is 90.0 Å². The lowest BCUT2D eigenvalue weighted by Crippen LogP contribution is -2.32. The minimum absolute atomic E-state index is 0.0295. The van der Waals surface area contributed by atoms with Crippen molar-refractivity contribution in [2.24, 2.45) is 0 Å². The van der Waals surface area contributed by atoms with E-state index in [1.54, 1.807) is 29.8 Å². The van der Waals surface area contributed by atoms with Gasteiger partial charge in [0.1, 0.15) is 23.3 Å². The van der Waals surface area contributed by atoms with Crippen molar-refractivity contribution in [3.8, 4) is 0 Å². The number of benzene rings is 1. The molecule has 1 N–H and O–H groups in total. The Morgan fingerprint density at radius 1 is 1.39 bits per heavy atom. The molecule has 0 saturated heterocycles. The molecule has 0 aliphatic rings. The Bertz CT molecular complexity index is 913. The van der Waals surface area contributed by atoms with Crippen LogP contribution in [0.4, 0.5) is 0 Å². The highest BCUT2D eigenvalue weighted by atomic mass is 16.4. The van der Waals surface area contributed by atoms with Gasteiger partial charge in [0.15, 0.2) is 0 Å². The number of para-hydroxylation sites is 1. The lowest BCUT2D eigenvalue weighted by Gasteiger charge is -2.13. The molecule has 7 heteroatoms. The summed E-state index contributed by atoms with van der Waals surface area (Å²) in [5.41, 5.74) is -0.240. The average Bonchev–Trinajstić information content (AvgIpc) is 3.02. The SMILES string of the molecule is CCn1ncnc1C(C)NC(=O)c1cc2ccccc2oc1=O. The summed E-state index contributed by atoms with van der Waals surface area (Å²) >= 11 is 0. The lowest BCUT2D eigenvalue weighted by molar-refractivity contribution is 0.0934. The highest BCUT2D eigenvalue weighted by molar-refractivity contribution is 5.96. The van der Waals surface area contributed by atoms with Gasteiger partial charge in [-0.3, -0.25) is 4.79 Å². The fraction of sp³-hybridized carbons (Fsp3) is 0.250. The Balaban J connectivity index is 1.89. The van der Waals surface area contributed by atoms with Gasteiger partial charge in [0, 0.05) is 11.9 Å². The number of hydrogen-bond donors (Lipinski definition) is 1. The molecule has 0 aliphatic heterocycles. The Morgan fingerprint density at radius 2 is 2.17 bits per heavy atom. The number of carbonyl (C=O) groups is 1. The summed E-state index contributed by atoms with van der Waals surface area (Å²) in [6.07, 6.45) is 1.44. The smallest absolute Gasteiger partial charge is 0.349 e. The van der Waals surface area contributed by atoms with Gasteiger partial charge >= 0.3 is 5.63 Å². The van der Waals surface area contributed by atoms with Crippen molar-refractivity contribution in [3.63, 3.8) is 0 Å². The van der Waals surface area contributed by atoms with Crippen molar-refractivity contribution in [1.29, 1.82) is 0 Å². The zero-order valence-corrected chi connectivity index (χ0v) is 12.8. The van der Waals surface area contributed by atoms with Gasteiger partial charge < -0.3 is 9.73 Å². The third kappa shape index (κ3) is 2.85.